The number of hydrogen-bond donors (Lipinski definition) is 1. The molecule has 1 aliphatic carbocycles. The fourth-order valence-corrected chi connectivity index (χ4v) is 2.98. The molecule has 0 saturated heterocycles. The lowest BCUT2D eigenvalue weighted by Crippen LogP contribution is -2.44. The Morgan fingerprint density at radius 2 is 1.90 bits per heavy atom. The first-order chi connectivity index (χ1) is 9.58. The molecule has 3 nitrogen and oxygen atoms in total. The van der Waals surface area contributed by atoms with Gasteiger partial charge in [0.2, 0.25) is 0 Å². The first kappa shape index (κ1) is 15.2. The maximum absolute atomic E-state index is 5.49. The van der Waals surface area contributed by atoms with E-state index in [2.05, 4.69) is 25.2 Å². The molecule has 0 atom stereocenters. The van der Waals surface area contributed by atoms with Gasteiger partial charge in [-0.15, -0.1) is 0 Å². The highest BCUT2D eigenvalue weighted by Crippen LogP contribution is 2.34. The van der Waals surface area contributed by atoms with Gasteiger partial charge >= 0.3 is 0 Å². The van der Waals surface area contributed by atoms with Crippen LogP contribution >= 0.6 is 0 Å². The number of ether oxygens (including phenoxy) is 2. The zero-order chi connectivity index (χ0) is 14.6. The Balaban J connectivity index is 2.03. The minimum absolute atomic E-state index is 0.251. The van der Waals surface area contributed by atoms with E-state index >= 15 is 0 Å². The largest absolute Gasteiger partial charge is 0.493 e. The van der Waals surface area contributed by atoms with Crippen molar-refractivity contribution in [2.45, 2.75) is 51.6 Å². The van der Waals surface area contributed by atoms with Gasteiger partial charge in [-0.2, -0.15) is 0 Å². The molecule has 0 unspecified atom stereocenters. The first-order valence-corrected chi connectivity index (χ1v) is 7.53. The SMILES string of the molecule is COc1cccc(CNC2(C)CCC(C)CC2)c1OC. The molecule has 0 radical (unpaired) electrons. The van der Waals surface area contributed by atoms with E-state index in [-0.39, 0.29) is 5.54 Å². The van der Waals surface area contributed by atoms with Gasteiger partial charge in [0.15, 0.2) is 11.5 Å². The molecule has 0 amide bonds. The number of para-hydroxylation sites is 1. The smallest absolute Gasteiger partial charge is 0.165 e. The molecule has 1 saturated carbocycles. The molecule has 0 aliphatic heterocycles. The van der Waals surface area contributed by atoms with Crippen molar-refractivity contribution in [2.24, 2.45) is 5.92 Å². The lowest BCUT2D eigenvalue weighted by atomic mass is 9.78. The van der Waals surface area contributed by atoms with Crippen molar-refractivity contribution in [1.82, 2.24) is 5.32 Å². The van der Waals surface area contributed by atoms with E-state index in [1.54, 1.807) is 14.2 Å². The van der Waals surface area contributed by atoms with Crippen molar-refractivity contribution in [3.05, 3.63) is 23.8 Å². The molecule has 20 heavy (non-hydrogen) atoms. The summed E-state index contributed by atoms with van der Waals surface area (Å²) < 4.78 is 10.8. The highest BCUT2D eigenvalue weighted by atomic mass is 16.5. The van der Waals surface area contributed by atoms with Gasteiger partial charge < -0.3 is 14.8 Å². The molecule has 1 fully saturated rings. The number of rotatable bonds is 5. The Morgan fingerprint density at radius 1 is 1.20 bits per heavy atom. The third-order valence-electron chi connectivity index (χ3n) is 4.57. The number of methoxy groups -OCH3 is 2. The molecule has 1 aromatic rings. The Labute approximate surface area is 122 Å². The third-order valence-corrected chi connectivity index (χ3v) is 4.57. The van der Waals surface area contributed by atoms with E-state index in [9.17, 15) is 0 Å². The molecular formula is C17H27NO2. The normalized spacial score (nSPS) is 26.3. The molecule has 0 heterocycles. The van der Waals surface area contributed by atoms with Crippen LogP contribution in [0.15, 0.2) is 18.2 Å². The molecule has 0 bridgehead atoms. The van der Waals surface area contributed by atoms with Crippen LogP contribution < -0.4 is 14.8 Å². The summed E-state index contributed by atoms with van der Waals surface area (Å²) in [7, 11) is 3.38. The molecule has 1 N–H and O–H groups in total. The van der Waals surface area contributed by atoms with E-state index < -0.39 is 0 Å². The van der Waals surface area contributed by atoms with Gasteiger partial charge in [0, 0.05) is 17.6 Å². The Morgan fingerprint density at radius 3 is 2.50 bits per heavy atom. The number of hydrogen-bond acceptors (Lipinski definition) is 3. The molecule has 0 spiro atoms. The fourth-order valence-electron chi connectivity index (χ4n) is 2.98. The van der Waals surface area contributed by atoms with Gasteiger partial charge in [-0.25, -0.2) is 0 Å². The molecule has 1 aliphatic rings. The van der Waals surface area contributed by atoms with Crippen LogP contribution in [0.25, 0.3) is 0 Å². The fraction of sp³-hybridized carbons (Fsp3) is 0.647. The van der Waals surface area contributed by atoms with Crippen LogP contribution in [0.2, 0.25) is 0 Å². The monoisotopic (exact) mass is 277 g/mol. The van der Waals surface area contributed by atoms with Crippen molar-refractivity contribution in [3.8, 4) is 11.5 Å². The van der Waals surface area contributed by atoms with Crippen LogP contribution in [0.5, 0.6) is 11.5 Å². The standard InChI is InChI=1S/C17H27NO2/c1-13-8-10-17(2,11-9-13)18-12-14-6-5-7-15(19-3)16(14)20-4/h5-7,13,18H,8-12H2,1-4H3. The molecule has 2 rings (SSSR count). The molecule has 112 valence electrons. The lowest BCUT2D eigenvalue weighted by Gasteiger charge is -2.37. The third kappa shape index (κ3) is 3.45. The van der Waals surface area contributed by atoms with Crippen LogP contribution in [0.4, 0.5) is 0 Å². The van der Waals surface area contributed by atoms with Gasteiger partial charge in [0.25, 0.3) is 0 Å². The maximum Gasteiger partial charge on any atom is 0.165 e. The van der Waals surface area contributed by atoms with Gasteiger partial charge in [0.05, 0.1) is 14.2 Å². The summed E-state index contributed by atoms with van der Waals surface area (Å²) in [6, 6.07) is 6.05. The van der Waals surface area contributed by atoms with Crippen LogP contribution in [0.3, 0.4) is 0 Å². The Hall–Kier alpha value is -1.22. The summed E-state index contributed by atoms with van der Waals surface area (Å²) in [4.78, 5) is 0. The van der Waals surface area contributed by atoms with E-state index in [4.69, 9.17) is 9.47 Å². The minimum atomic E-state index is 0.251. The van der Waals surface area contributed by atoms with Crippen molar-refractivity contribution in [2.75, 3.05) is 14.2 Å². The van der Waals surface area contributed by atoms with Gasteiger partial charge in [-0.1, -0.05) is 19.1 Å². The molecular weight excluding hydrogens is 250 g/mol. The summed E-state index contributed by atoms with van der Waals surface area (Å²) in [6.45, 7) is 5.52. The second-order valence-electron chi connectivity index (χ2n) is 6.25. The second-order valence-corrected chi connectivity index (χ2v) is 6.25. The van der Waals surface area contributed by atoms with Crippen LogP contribution in [0.1, 0.15) is 45.1 Å². The molecule has 1 aromatic carbocycles. The summed E-state index contributed by atoms with van der Waals surface area (Å²) >= 11 is 0. The molecule has 0 aromatic heterocycles. The quantitative estimate of drug-likeness (QED) is 0.889. The zero-order valence-electron chi connectivity index (χ0n) is 13.2. The average molecular weight is 277 g/mol. The Bertz CT molecular complexity index is 437. The van der Waals surface area contributed by atoms with E-state index in [1.807, 2.05) is 12.1 Å². The highest BCUT2D eigenvalue weighted by Gasteiger charge is 2.29. The summed E-state index contributed by atoms with van der Waals surface area (Å²) in [5.41, 5.74) is 1.41. The van der Waals surface area contributed by atoms with Gasteiger partial charge in [-0.3, -0.25) is 0 Å². The topological polar surface area (TPSA) is 30.5 Å². The predicted octanol–water partition coefficient (Wildman–Crippen LogP) is 3.76. The summed E-state index contributed by atoms with van der Waals surface area (Å²) in [5, 5.41) is 3.73. The highest BCUT2D eigenvalue weighted by molar-refractivity contribution is 5.46. The number of benzene rings is 1. The predicted molar refractivity (Wildman–Crippen MR) is 82.4 cm³/mol. The summed E-state index contributed by atoms with van der Waals surface area (Å²) in [6.07, 6.45) is 5.14. The van der Waals surface area contributed by atoms with Crippen molar-refractivity contribution in [1.29, 1.82) is 0 Å². The summed E-state index contributed by atoms with van der Waals surface area (Å²) in [5.74, 6) is 2.51. The van der Waals surface area contributed by atoms with Crippen LogP contribution in [-0.2, 0) is 6.54 Å². The van der Waals surface area contributed by atoms with Crippen molar-refractivity contribution < 1.29 is 9.47 Å². The minimum Gasteiger partial charge on any atom is -0.493 e. The van der Waals surface area contributed by atoms with Crippen LogP contribution in [0, 0.1) is 5.92 Å². The maximum atomic E-state index is 5.49. The zero-order valence-corrected chi connectivity index (χ0v) is 13.2. The lowest BCUT2D eigenvalue weighted by molar-refractivity contribution is 0.211. The second kappa shape index (κ2) is 6.49. The van der Waals surface area contributed by atoms with Crippen molar-refractivity contribution >= 4 is 0 Å². The first-order valence-electron chi connectivity index (χ1n) is 7.53. The number of nitrogens with one attached hydrogen (secondary N) is 1. The molecule has 3 heteroatoms. The van der Waals surface area contributed by atoms with Crippen LogP contribution in [-0.4, -0.2) is 19.8 Å². The Kier molecular flexibility index (Phi) is 4.92. The van der Waals surface area contributed by atoms with E-state index in [0.29, 0.717) is 0 Å². The van der Waals surface area contributed by atoms with Crippen molar-refractivity contribution in [3.63, 3.8) is 0 Å². The average Bonchev–Trinajstić information content (AvgIpc) is 2.48. The van der Waals surface area contributed by atoms with Gasteiger partial charge in [-0.05, 0) is 44.6 Å². The van der Waals surface area contributed by atoms with Gasteiger partial charge in [0.1, 0.15) is 0 Å². The van der Waals surface area contributed by atoms with E-state index in [1.165, 1.54) is 25.7 Å². The van der Waals surface area contributed by atoms with E-state index in [0.717, 1.165) is 29.5 Å².